The Morgan fingerprint density at radius 1 is 1.53 bits per heavy atom. The van der Waals surface area contributed by atoms with E-state index in [4.69, 9.17) is 0 Å². The van der Waals surface area contributed by atoms with Crippen LogP contribution in [0.3, 0.4) is 0 Å². The van der Waals surface area contributed by atoms with Crippen molar-refractivity contribution in [2.45, 2.75) is 0 Å². The highest BCUT2D eigenvalue weighted by molar-refractivity contribution is 5.91. The maximum Gasteiger partial charge on any atom is 0.321 e. The first-order chi connectivity index (χ1) is 8.11. The van der Waals surface area contributed by atoms with E-state index < -0.39 is 11.0 Å². The van der Waals surface area contributed by atoms with Crippen LogP contribution in [0.2, 0.25) is 0 Å². The van der Waals surface area contributed by atoms with Gasteiger partial charge in [0.05, 0.1) is 10.4 Å². The number of hydrogen-bond acceptors (Lipinski definition) is 4. The predicted octanol–water partition coefficient (Wildman–Crippen LogP) is 1.22. The SMILES string of the molecule is CNC(=O)Nc1nc2c([N+](=O)[O-])cccc2[nH]1. The van der Waals surface area contributed by atoms with Crippen LogP contribution in [0.5, 0.6) is 0 Å². The normalized spacial score (nSPS) is 10.2. The number of hydrogen-bond donors (Lipinski definition) is 3. The number of carbonyl (C=O) groups excluding carboxylic acids is 1. The van der Waals surface area contributed by atoms with Gasteiger partial charge in [-0.1, -0.05) is 6.07 Å². The number of fused-ring (bicyclic) bond motifs is 1. The number of anilines is 1. The summed E-state index contributed by atoms with van der Waals surface area (Å²) >= 11 is 0. The van der Waals surface area contributed by atoms with E-state index in [9.17, 15) is 14.9 Å². The van der Waals surface area contributed by atoms with Crippen molar-refractivity contribution >= 4 is 28.7 Å². The van der Waals surface area contributed by atoms with Gasteiger partial charge in [-0.3, -0.25) is 15.4 Å². The maximum absolute atomic E-state index is 11.1. The summed E-state index contributed by atoms with van der Waals surface area (Å²) in [6.45, 7) is 0. The number of nitro groups is 1. The van der Waals surface area contributed by atoms with Gasteiger partial charge in [-0.05, 0) is 6.07 Å². The van der Waals surface area contributed by atoms with Crippen molar-refractivity contribution in [3.05, 3.63) is 28.3 Å². The largest absolute Gasteiger partial charge is 0.341 e. The van der Waals surface area contributed by atoms with Crippen LogP contribution in [0.25, 0.3) is 11.0 Å². The third kappa shape index (κ3) is 2.00. The highest BCUT2D eigenvalue weighted by Crippen LogP contribution is 2.24. The summed E-state index contributed by atoms with van der Waals surface area (Å²) in [7, 11) is 1.46. The Labute approximate surface area is 95.2 Å². The van der Waals surface area contributed by atoms with Crippen LogP contribution in [0.15, 0.2) is 18.2 Å². The minimum absolute atomic E-state index is 0.108. The van der Waals surface area contributed by atoms with E-state index in [2.05, 4.69) is 20.6 Å². The average Bonchev–Trinajstić information content (AvgIpc) is 2.70. The second kappa shape index (κ2) is 4.08. The first-order valence-electron chi connectivity index (χ1n) is 4.73. The zero-order chi connectivity index (χ0) is 12.4. The van der Waals surface area contributed by atoms with E-state index in [1.165, 1.54) is 13.1 Å². The van der Waals surface area contributed by atoms with Gasteiger partial charge < -0.3 is 10.3 Å². The summed E-state index contributed by atoms with van der Waals surface area (Å²) in [5.74, 6) is 0.161. The molecule has 0 bridgehead atoms. The van der Waals surface area contributed by atoms with Crippen LogP contribution < -0.4 is 10.6 Å². The molecule has 0 spiro atoms. The van der Waals surface area contributed by atoms with Crippen molar-refractivity contribution in [3.63, 3.8) is 0 Å². The van der Waals surface area contributed by atoms with E-state index >= 15 is 0 Å². The average molecular weight is 235 g/mol. The van der Waals surface area contributed by atoms with Crippen LogP contribution in [0.1, 0.15) is 0 Å². The van der Waals surface area contributed by atoms with E-state index in [1.807, 2.05) is 0 Å². The van der Waals surface area contributed by atoms with Gasteiger partial charge in [-0.25, -0.2) is 9.78 Å². The second-order valence-corrected chi connectivity index (χ2v) is 3.22. The number of para-hydroxylation sites is 1. The molecule has 8 heteroatoms. The number of non-ortho nitro benzene ring substituents is 1. The van der Waals surface area contributed by atoms with E-state index in [0.717, 1.165) is 0 Å². The molecule has 0 aliphatic carbocycles. The molecule has 0 saturated carbocycles. The molecule has 17 heavy (non-hydrogen) atoms. The summed E-state index contributed by atoms with van der Waals surface area (Å²) in [4.78, 5) is 28.0. The Morgan fingerprint density at radius 3 is 2.94 bits per heavy atom. The molecule has 1 heterocycles. The number of rotatable bonds is 2. The molecule has 88 valence electrons. The third-order valence-corrected chi connectivity index (χ3v) is 2.15. The van der Waals surface area contributed by atoms with Gasteiger partial charge in [-0.2, -0.15) is 0 Å². The zero-order valence-electron chi connectivity index (χ0n) is 8.85. The summed E-state index contributed by atoms with van der Waals surface area (Å²) < 4.78 is 0. The molecule has 2 rings (SSSR count). The molecule has 0 aliphatic heterocycles. The van der Waals surface area contributed by atoms with Crippen molar-refractivity contribution < 1.29 is 9.72 Å². The van der Waals surface area contributed by atoms with E-state index in [-0.39, 0.29) is 17.2 Å². The van der Waals surface area contributed by atoms with Crippen molar-refractivity contribution in [3.8, 4) is 0 Å². The number of amides is 2. The van der Waals surface area contributed by atoms with Gasteiger partial charge in [0.15, 0.2) is 5.52 Å². The summed E-state index contributed by atoms with van der Waals surface area (Å²) in [6, 6.07) is 4.09. The Hall–Kier alpha value is -2.64. The molecule has 8 nitrogen and oxygen atoms in total. The van der Waals surface area contributed by atoms with Crippen LogP contribution in [-0.4, -0.2) is 28.0 Å². The molecule has 0 unspecified atom stereocenters. The van der Waals surface area contributed by atoms with Gasteiger partial charge in [0.1, 0.15) is 0 Å². The Bertz CT molecular complexity index is 591. The highest BCUT2D eigenvalue weighted by atomic mass is 16.6. The molecule has 1 aromatic heterocycles. The molecule has 0 atom stereocenters. The monoisotopic (exact) mass is 235 g/mol. The Balaban J connectivity index is 2.46. The van der Waals surface area contributed by atoms with Gasteiger partial charge >= 0.3 is 6.03 Å². The smallest absolute Gasteiger partial charge is 0.321 e. The number of aromatic amines is 1. The van der Waals surface area contributed by atoms with Gasteiger partial charge in [0.2, 0.25) is 5.95 Å². The minimum Gasteiger partial charge on any atom is -0.341 e. The third-order valence-electron chi connectivity index (χ3n) is 2.15. The van der Waals surface area contributed by atoms with Gasteiger partial charge in [-0.15, -0.1) is 0 Å². The van der Waals surface area contributed by atoms with Crippen LogP contribution in [0, 0.1) is 10.1 Å². The molecular weight excluding hydrogens is 226 g/mol. The number of imidazole rings is 1. The van der Waals surface area contributed by atoms with E-state index in [0.29, 0.717) is 5.52 Å². The lowest BCUT2D eigenvalue weighted by Gasteiger charge is -1.97. The number of aromatic nitrogens is 2. The van der Waals surface area contributed by atoms with Crippen molar-refractivity contribution in [1.29, 1.82) is 0 Å². The van der Waals surface area contributed by atoms with Gasteiger partial charge in [0.25, 0.3) is 5.69 Å². The molecule has 0 saturated heterocycles. The summed E-state index contributed by atoms with van der Waals surface area (Å²) in [5.41, 5.74) is 0.596. The number of nitrogens with one attached hydrogen (secondary N) is 3. The molecule has 0 fully saturated rings. The van der Waals surface area contributed by atoms with Crippen molar-refractivity contribution in [2.24, 2.45) is 0 Å². The van der Waals surface area contributed by atoms with Crippen molar-refractivity contribution in [1.82, 2.24) is 15.3 Å². The first kappa shape index (κ1) is 10.9. The molecular formula is C9H9N5O3. The van der Waals surface area contributed by atoms with Gasteiger partial charge in [0, 0.05) is 13.1 Å². The quantitative estimate of drug-likeness (QED) is 0.536. The second-order valence-electron chi connectivity index (χ2n) is 3.22. The number of benzene rings is 1. The Morgan fingerprint density at radius 2 is 2.29 bits per heavy atom. The number of H-pyrrole nitrogens is 1. The number of urea groups is 1. The lowest BCUT2D eigenvalue weighted by molar-refractivity contribution is -0.383. The fourth-order valence-electron chi connectivity index (χ4n) is 1.39. The number of nitrogens with zero attached hydrogens (tertiary/aromatic N) is 2. The lowest BCUT2D eigenvalue weighted by Crippen LogP contribution is -2.24. The molecule has 2 amide bonds. The topological polar surface area (TPSA) is 113 Å². The zero-order valence-corrected chi connectivity index (χ0v) is 8.85. The van der Waals surface area contributed by atoms with Crippen LogP contribution >= 0.6 is 0 Å². The maximum atomic E-state index is 11.1. The first-order valence-corrected chi connectivity index (χ1v) is 4.73. The lowest BCUT2D eigenvalue weighted by atomic mass is 10.3. The fourth-order valence-corrected chi connectivity index (χ4v) is 1.39. The standard InChI is InChI=1S/C9H9N5O3/c1-10-9(15)13-8-11-5-3-2-4-6(14(16)17)7(5)12-8/h2-4H,1H3,(H3,10,11,12,13,15). The molecule has 0 radical (unpaired) electrons. The molecule has 2 aromatic rings. The molecule has 0 aliphatic rings. The molecule has 1 aromatic carbocycles. The summed E-state index contributed by atoms with van der Waals surface area (Å²) in [5, 5.41) is 15.5. The highest BCUT2D eigenvalue weighted by Gasteiger charge is 2.15. The number of carbonyl (C=O) groups is 1. The van der Waals surface area contributed by atoms with Crippen LogP contribution in [-0.2, 0) is 0 Å². The minimum atomic E-state index is -0.521. The fraction of sp³-hybridized carbons (Fsp3) is 0.111. The predicted molar refractivity (Wildman–Crippen MR) is 60.8 cm³/mol. The van der Waals surface area contributed by atoms with Crippen LogP contribution in [0.4, 0.5) is 16.4 Å². The Kier molecular flexibility index (Phi) is 2.61. The number of nitro benzene ring substituents is 1. The van der Waals surface area contributed by atoms with E-state index in [1.54, 1.807) is 12.1 Å². The molecule has 3 N–H and O–H groups in total. The van der Waals surface area contributed by atoms with Crippen molar-refractivity contribution in [2.75, 3.05) is 12.4 Å². The summed E-state index contributed by atoms with van der Waals surface area (Å²) in [6.07, 6.45) is 0.